The van der Waals surface area contributed by atoms with E-state index in [4.69, 9.17) is 4.74 Å². The van der Waals surface area contributed by atoms with E-state index in [-0.39, 0.29) is 11.7 Å². The van der Waals surface area contributed by atoms with Crippen LogP contribution in [0.4, 0.5) is 11.5 Å². The van der Waals surface area contributed by atoms with Crippen molar-refractivity contribution in [2.45, 2.75) is 20.0 Å². The average Bonchev–Trinajstić information content (AvgIpc) is 2.37. The number of hydrogen-bond donors (Lipinski definition) is 2. The summed E-state index contributed by atoms with van der Waals surface area (Å²) < 4.78 is 5.93. The van der Waals surface area contributed by atoms with Crippen LogP contribution >= 0.6 is 15.9 Å². The van der Waals surface area contributed by atoms with E-state index in [1.54, 1.807) is 0 Å². The third kappa shape index (κ3) is 3.57. The molecule has 1 heterocycles. The fraction of sp³-hybridized carbons (Fsp3) is 0.231. The maximum absolute atomic E-state index is 11.4. The van der Waals surface area contributed by atoms with Crippen molar-refractivity contribution in [1.82, 2.24) is 9.97 Å². The number of aromatic nitrogens is 2. The lowest BCUT2D eigenvalue weighted by Crippen LogP contribution is -2.10. The first kappa shape index (κ1) is 13.6. The quantitative estimate of drug-likeness (QED) is 0.907. The summed E-state index contributed by atoms with van der Waals surface area (Å²) in [4.78, 5) is 17.9. The second-order valence-electron chi connectivity index (χ2n) is 4.21. The van der Waals surface area contributed by atoms with Gasteiger partial charge in [0.05, 0.1) is 12.4 Å². The summed E-state index contributed by atoms with van der Waals surface area (Å²) in [6, 6.07) is 7.47. The molecule has 2 N–H and O–H groups in total. The Kier molecular flexibility index (Phi) is 4.21. The molecule has 0 fully saturated rings. The molecule has 2 rings (SSSR count). The number of halogens is 1. The standard InChI is InChI=1S/C13H14BrN3O2/c1-8(2)19-10-5-3-9(4-6-10)17-12-11(14)13(18)16-7-15-12/h3-8H,1-2H3,(H2,15,16,17,18). The highest BCUT2D eigenvalue weighted by molar-refractivity contribution is 9.10. The number of hydrogen-bond acceptors (Lipinski definition) is 4. The van der Waals surface area contributed by atoms with Crippen LogP contribution in [-0.4, -0.2) is 16.1 Å². The van der Waals surface area contributed by atoms with Crippen LogP contribution in [0.1, 0.15) is 13.8 Å². The van der Waals surface area contributed by atoms with Gasteiger partial charge in [-0.3, -0.25) is 4.79 Å². The summed E-state index contributed by atoms with van der Waals surface area (Å²) in [6.45, 7) is 3.95. The van der Waals surface area contributed by atoms with Gasteiger partial charge in [0, 0.05) is 5.69 Å². The van der Waals surface area contributed by atoms with E-state index >= 15 is 0 Å². The molecule has 0 aliphatic rings. The van der Waals surface area contributed by atoms with E-state index in [0.29, 0.717) is 10.3 Å². The molecule has 2 aromatic rings. The molecule has 0 aliphatic carbocycles. The van der Waals surface area contributed by atoms with Crippen molar-refractivity contribution in [1.29, 1.82) is 0 Å². The predicted molar refractivity (Wildman–Crippen MR) is 78.0 cm³/mol. The molecule has 5 nitrogen and oxygen atoms in total. The Balaban J connectivity index is 2.15. The minimum Gasteiger partial charge on any atom is -0.491 e. The highest BCUT2D eigenvalue weighted by atomic mass is 79.9. The van der Waals surface area contributed by atoms with Gasteiger partial charge in [-0.1, -0.05) is 0 Å². The van der Waals surface area contributed by atoms with Gasteiger partial charge < -0.3 is 15.0 Å². The number of H-pyrrole nitrogens is 1. The van der Waals surface area contributed by atoms with E-state index in [1.165, 1.54) is 6.33 Å². The first-order valence-electron chi connectivity index (χ1n) is 5.83. The molecule has 1 aromatic carbocycles. The lowest BCUT2D eigenvalue weighted by Gasteiger charge is -2.11. The van der Waals surface area contributed by atoms with Gasteiger partial charge in [-0.05, 0) is 54.0 Å². The molecule has 0 atom stereocenters. The van der Waals surface area contributed by atoms with E-state index in [2.05, 4.69) is 31.2 Å². The topological polar surface area (TPSA) is 67.0 Å². The Hall–Kier alpha value is -1.82. The first-order chi connectivity index (χ1) is 9.06. The number of benzene rings is 1. The maximum Gasteiger partial charge on any atom is 0.267 e. The molecule has 0 saturated carbocycles. The summed E-state index contributed by atoms with van der Waals surface area (Å²) in [5, 5.41) is 3.06. The Morgan fingerprint density at radius 3 is 2.63 bits per heavy atom. The summed E-state index contributed by atoms with van der Waals surface area (Å²) >= 11 is 3.19. The van der Waals surface area contributed by atoms with E-state index < -0.39 is 0 Å². The predicted octanol–water partition coefficient (Wildman–Crippen LogP) is 3.06. The van der Waals surface area contributed by atoms with Crippen molar-refractivity contribution in [2.24, 2.45) is 0 Å². The lowest BCUT2D eigenvalue weighted by atomic mass is 10.3. The Labute approximate surface area is 119 Å². The summed E-state index contributed by atoms with van der Waals surface area (Å²) in [7, 11) is 0. The van der Waals surface area contributed by atoms with Gasteiger partial charge >= 0.3 is 0 Å². The molecule has 0 unspecified atom stereocenters. The van der Waals surface area contributed by atoms with Gasteiger partial charge in [-0.2, -0.15) is 0 Å². The number of nitrogens with one attached hydrogen (secondary N) is 2. The Bertz CT molecular complexity index is 608. The average molecular weight is 324 g/mol. The Morgan fingerprint density at radius 1 is 1.32 bits per heavy atom. The normalized spacial score (nSPS) is 10.5. The van der Waals surface area contributed by atoms with E-state index in [0.717, 1.165) is 11.4 Å². The van der Waals surface area contributed by atoms with Gasteiger partial charge in [-0.25, -0.2) is 4.98 Å². The molecule has 0 amide bonds. The van der Waals surface area contributed by atoms with Crippen LogP contribution in [0.2, 0.25) is 0 Å². The minimum atomic E-state index is -0.225. The van der Waals surface area contributed by atoms with Gasteiger partial charge in [0.2, 0.25) is 0 Å². The fourth-order valence-electron chi connectivity index (χ4n) is 1.50. The molecule has 0 radical (unpaired) electrons. The summed E-state index contributed by atoms with van der Waals surface area (Å²) in [5.74, 6) is 1.28. The molecule has 1 aromatic heterocycles. The molecule has 6 heteroatoms. The summed E-state index contributed by atoms with van der Waals surface area (Å²) in [5.41, 5.74) is 0.604. The zero-order valence-corrected chi connectivity index (χ0v) is 12.2. The second kappa shape index (κ2) is 5.88. The largest absolute Gasteiger partial charge is 0.491 e. The number of nitrogens with zero attached hydrogens (tertiary/aromatic N) is 1. The van der Waals surface area contributed by atoms with Gasteiger partial charge in [0.25, 0.3) is 5.56 Å². The molecule has 0 saturated heterocycles. The zero-order valence-electron chi connectivity index (χ0n) is 10.6. The number of rotatable bonds is 4. The third-order valence-electron chi connectivity index (χ3n) is 2.29. The highest BCUT2D eigenvalue weighted by Gasteiger charge is 2.05. The van der Waals surface area contributed by atoms with E-state index in [9.17, 15) is 4.79 Å². The van der Waals surface area contributed by atoms with Gasteiger partial charge in [-0.15, -0.1) is 0 Å². The van der Waals surface area contributed by atoms with Crippen LogP contribution in [0.25, 0.3) is 0 Å². The van der Waals surface area contributed by atoms with Crippen LogP contribution in [-0.2, 0) is 0 Å². The number of aromatic amines is 1. The van der Waals surface area contributed by atoms with Crippen molar-refractivity contribution < 1.29 is 4.74 Å². The monoisotopic (exact) mass is 323 g/mol. The third-order valence-corrected chi connectivity index (χ3v) is 3.02. The van der Waals surface area contributed by atoms with Crippen LogP contribution in [0.5, 0.6) is 5.75 Å². The first-order valence-corrected chi connectivity index (χ1v) is 6.62. The second-order valence-corrected chi connectivity index (χ2v) is 5.00. The highest BCUT2D eigenvalue weighted by Crippen LogP contribution is 2.22. The maximum atomic E-state index is 11.4. The van der Waals surface area contributed by atoms with Crippen molar-refractivity contribution in [3.05, 3.63) is 45.4 Å². The molecule has 100 valence electrons. The molecule has 19 heavy (non-hydrogen) atoms. The zero-order chi connectivity index (χ0) is 13.8. The number of anilines is 2. The van der Waals surface area contributed by atoms with Crippen LogP contribution in [0.15, 0.2) is 39.9 Å². The summed E-state index contributed by atoms with van der Waals surface area (Å²) in [6.07, 6.45) is 1.49. The Morgan fingerprint density at radius 2 is 2.00 bits per heavy atom. The van der Waals surface area contributed by atoms with Gasteiger partial charge in [0.15, 0.2) is 5.82 Å². The van der Waals surface area contributed by atoms with Crippen LogP contribution in [0, 0.1) is 0 Å². The molecule has 0 bridgehead atoms. The van der Waals surface area contributed by atoms with Crippen LogP contribution in [0.3, 0.4) is 0 Å². The lowest BCUT2D eigenvalue weighted by molar-refractivity contribution is 0.242. The molecular formula is C13H14BrN3O2. The van der Waals surface area contributed by atoms with Crippen molar-refractivity contribution in [2.75, 3.05) is 5.32 Å². The minimum absolute atomic E-state index is 0.141. The van der Waals surface area contributed by atoms with E-state index in [1.807, 2.05) is 38.1 Å². The molecule has 0 aliphatic heterocycles. The van der Waals surface area contributed by atoms with Gasteiger partial charge in [0.1, 0.15) is 10.2 Å². The molecular weight excluding hydrogens is 310 g/mol. The van der Waals surface area contributed by atoms with Crippen molar-refractivity contribution in [3.63, 3.8) is 0 Å². The van der Waals surface area contributed by atoms with Crippen LogP contribution < -0.4 is 15.6 Å². The number of ether oxygens (including phenoxy) is 1. The molecule has 0 spiro atoms. The van der Waals surface area contributed by atoms with Crippen molar-refractivity contribution in [3.8, 4) is 5.75 Å². The van der Waals surface area contributed by atoms with Crippen molar-refractivity contribution >= 4 is 27.4 Å². The fourth-order valence-corrected chi connectivity index (χ4v) is 1.81. The SMILES string of the molecule is CC(C)Oc1ccc(Nc2nc[nH]c(=O)c2Br)cc1. The smallest absolute Gasteiger partial charge is 0.267 e.